The van der Waals surface area contributed by atoms with Crippen LogP contribution >= 0.6 is 0 Å². The number of aryl methyl sites for hydroxylation is 3. The number of hydrogen-bond acceptors (Lipinski definition) is 12. The molecular formula is C80H72O12. The predicted molar refractivity (Wildman–Crippen MR) is 362 cm³/mol. The summed E-state index contributed by atoms with van der Waals surface area (Å²) in [6.07, 6.45) is 7.82. The van der Waals surface area contributed by atoms with Crippen LogP contribution in [0.4, 0.5) is 0 Å². The van der Waals surface area contributed by atoms with Gasteiger partial charge in [-0.3, -0.25) is 0 Å². The highest BCUT2D eigenvalue weighted by Crippen LogP contribution is 2.26. The number of rotatable bonds is 25. The molecule has 0 bridgehead atoms. The molecule has 0 heterocycles. The van der Waals surface area contributed by atoms with E-state index in [-0.39, 0.29) is 13.2 Å². The molecule has 0 saturated carbocycles. The van der Waals surface area contributed by atoms with Crippen molar-refractivity contribution in [1.29, 1.82) is 0 Å². The van der Waals surface area contributed by atoms with Gasteiger partial charge in [-0.1, -0.05) is 117 Å². The summed E-state index contributed by atoms with van der Waals surface area (Å²) in [6, 6.07) is 49.7. The molecular weight excluding hydrogens is 1150 g/mol. The molecule has 0 amide bonds. The Kier molecular flexibility index (Phi) is 27.2. The van der Waals surface area contributed by atoms with Crippen LogP contribution in [0.25, 0.3) is 21.5 Å². The molecule has 8 aromatic rings. The van der Waals surface area contributed by atoms with Gasteiger partial charge in [0.1, 0.15) is 23.0 Å². The maximum Gasteiger partial charge on any atom is 0.330 e. The summed E-state index contributed by atoms with van der Waals surface area (Å²) >= 11 is 0. The standard InChI is InChI=1S/2C40H36O6/c1-5-39(41)45-25-9-23-43-37-21-15-31(27-29(37)3)13-17-33-19-20-34(36-12-8-7-11-35(33)36)18-14-32-16-22-38(30(4)28-32)44-24-10-26-46-40(42)6-2;1-4-33-27-31(12-17-34(33)16-11-30-14-20-37(21-15-30)43-23-7-25-45-39(41)5-2)9-10-32-13-18-36-29-38(22-19-35(36)28-32)44-24-8-26-46-40(42)6-3/h5-8,11-12,15-16,19-22,27-28H,1-2,9-10,23-26H2,3-4H3;5-6,12-15,17-22,27-29H,2-4,7-8,23-26H2,1H3. The molecule has 0 fully saturated rings. The van der Waals surface area contributed by atoms with Crippen molar-refractivity contribution < 1.29 is 57.1 Å². The van der Waals surface area contributed by atoms with Crippen LogP contribution in [0.3, 0.4) is 0 Å². The number of hydrogen-bond donors (Lipinski definition) is 0. The number of fused-ring (bicyclic) bond motifs is 2. The molecule has 0 N–H and O–H groups in total. The predicted octanol–water partition coefficient (Wildman–Crippen LogP) is 14.5. The van der Waals surface area contributed by atoms with Gasteiger partial charge in [-0.2, -0.15) is 0 Å². The lowest BCUT2D eigenvalue weighted by molar-refractivity contribution is -0.138. The molecule has 0 saturated heterocycles. The van der Waals surface area contributed by atoms with Crippen LogP contribution < -0.4 is 18.9 Å². The fraction of sp³-hybridized carbons (Fsp3) is 0.200. The summed E-state index contributed by atoms with van der Waals surface area (Å²) in [5, 5.41) is 4.21. The number of carbonyl (C=O) groups excluding carboxylic acids is 4. The summed E-state index contributed by atoms with van der Waals surface area (Å²) in [4.78, 5) is 44.4. The zero-order chi connectivity index (χ0) is 65.3. The lowest BCUT2D eigenvalue weighted by Crippen LogP contribution is -2.07. The molecule has 464 valence electrons. The van der Waals surface area contributed by atoms with E-state index in [4.69, 9.17) is 37.9 Å². The number of esters is 4. The summed E-state index contributed by atoms with van der Waals surface area (Å²) in [5.41, 5.74) is 10.4. The van der Waals surface area contributed by atoms with Gasteiger partial charge in [-0.05, 0) is 174 Å². The zero-order valence-corrected chi connectivity index (χ0v) is 52.2. The summed E-state index contributed by atoms with van der Waals surface area (Å²) in [7, 11) is 0. The second-order valence-electron chi connectivity index (χ2n) is 20.4. The van der Waals surface area contributed by atoms with Crippen LogP contribution in [0.15, 0.2) is 202 Å². The second kappa shape index (κ2) is 36.8. The molecule has 0 radical (unpaired) electrons. The molecule has 0 unspecified atom stereocenters. The highest BCUT2D eigenvalue weighted by Gasteiger charge is 2.08. The average molecular weight is 1230 g/mol. The highest BCUT2D eigenvalue weighted by atomic mass is 16.5. The van der Waals surface area contributed by atoms with Crippen LogP contribution in [-0.2, 0) is 44.5 Å². The third kappa shape index (κ3) is 22.3. The SMILES string of the molecule is C=CC(=O)OCCCOc1ccc(C#Cc2ccc(C#Cc3ccc(OCCCOC(=O)C=C)c(C)c3)c3ccccc23)cc1C.C=CC(=O)OCCCOc1ccc(C#Cc2ccc(C#Cc3ccc4cc(OCCCOC(=O)C=C)ccc4c3)cc2CC)cc1. The Hall–Kier alpha value is -11.4. The molecule has 8 rings (SSSR count). The second-order valence-corrected chi connectivity index (χ2v) is 20.4. The summed E-state index contributed by atoms with van der Waals surface area (Å²) < 4.78 is 43.0. The lowest BCUT2D eigenvalue weighted by atomic mass is 9.99. The van der Waals surface area contributed by atoms with E-state index in [0.29, 0.717) is 65.3 Å². The molecule has 92 heavy (non-hydrogen) atoms. The summed E-state index contributed by atoms with van der Waals surface area (Å²) in [5.74, 6) is 27.7. The van der Waals surface area contributed by atoms with E-state index in [9.17, 15) is 19.2 Å². The molecule has 0 aliphatic heterocycles. The molecule has 0 spiro atoms. The van der Waals surface area contributed by atoms with Gasteiger partial charge in [0.2, 0.25) is 0 Å². The minimum absolute atomic E-state index is 0.286. The van der Waals surface area contributed by atoms with Gasteiger partial charge in [0.15, 0.2) is 0 Å². The van der Waals surface area contributed by atoms with Crippen LogP contribution in [-0.4, -0.2) is 76.7 Å². The minimum atomic E-state index is -0.432. The van der Waals surface area contributed by atoms with Crippen molar-refractivity contribution in [2.45, 2.75) is 52.9 Å². The first-order valence-corrected chi connectivity index (χ1v) is 30.1. The van der Waals surface area contributed by atoms with Crippen molar-refractivity contribution >= 4 is 45.4 Å². The van der Waals surface area contributed by atoms with E-state index < -0.39 is 23.9 Å². The average Bonchev–Trinajstić information content (AvgIpc) is 0.858. The molecule has 8 aromatic carbocycles. The third-order valence-electron chi connectivity index (χ3n) is 13.7. The number of ether oxygens (including phenoxy) is 8. The Balaban J connectivity index is 0.000000261. The van der Waals surface area contributed by atoms with Crippen LogP contribution in [0.2, 0.25) is 0 Å². The first-order valence-electron chi connectivity index (χ1n) is 30.1. The van der Waals surface area contributed by atoms with Gasteiger partial charge in [0.05, 0.1) is 52.9 Å². The molecule has 12 nitrogen and oxygen atoms in total. The van der Waals surface area contributed by atoms with Crippen LogP contribution in [0.1, 0.15) is 93.8 Å². The van der Waals surface area contributed by atoms with E-state index in [0.717, 1.165) is 136 Å². The van der Waals surface area contributed by atoms with Crippen molar-refractivity contribution in [2.75, 3.05) is 52.9 Å². The highest BCUT2D eigenvalue weighted by molar-refractivity contribution is 5.93. The quantitative estimate of drug-likeness (QED) is 0.0177. The van der Waals surface area contributed by atoms with E-state index in [2.05, 4.69) is 105 Å². The lowest BCUT2D eigenvalue weighted by Gasteiger charge is -2.09. The molecule has 0 atom stereocenters. The number of benzene rings is 8. The van der Waals surface area contributed by atoms with E-state index in [1.165, 1.54) is 0 Å². The van der Waals surface area contributed by atoms with Crippen molar-refractivity contribution in [2.24, 2.45) is 0 Å². The smallest absolute Gasteiger partial charge is 0.330 e. The first-order chi connectivity index (χ1) is 44.8. The Morgan fingerprint density at radius 1 is 0.359 bits per heavy atom. The zero-order valence-electron chi connectivity index (χ0n) is 52.2. The maximum atomic E-state index is 11.1. The van der Waals surface area contributed by atoms with Gasteiger partial charge in [-0.25, -0.2) is 19.2 Å². The van der Waals surface area contributed by atoms with Crippen LogP contribution in [0.5, 0.6) is 23.0 Å². The topological polar surface area (TPSA) is 142 Å². The van der Waals surface area contributed by atoms with Gasteiger partial charge >= 0.3 is 23.9 Å². The number of carbonyl (C=O) groups is 4. The van der Waals surface area contributed by atoms with E-state index >= 15 is 0 Å². The Bertz CT molecular complexity index is 4080. The third-order valence-corrected chi connectivity index (χ3v) is 13.7. The maximum absolute atomic E-state index is 11.1. The first kappa shape index (κ1) is 68.1. The fourth-order valence-electron chi connectivity index (χ4n) is 8.88. The van der Waals surface area contributed by atoms with Gasteiger partial charge in [-0.15, -0.1) is 0 Å². The fourth-order valence-corrected chi connectivity index (χ4v) is 8.88. The Labute approximate surface area is 539 Å². The monoisotopic (exact) mass is 1220 g/mol. The van der Waals surface area contributed by atoms with Crippen LogP contribution in [0, 0.1) is 61.2 Å². The van der Waals surface area contributed by atoms with Crippen molar-refractivity contribution in [3.63, 3.8) is 0 Å². The van der Waals surface area contributed by atoms with Gasteiger partial charge in [0.25, 0.3) is 0 Å². The van der Waals surface area contributed by atoms with E-state index in [1.54, 1.807) is 0 Å². The largest absolute Gasteiger partial charge is 0.493 e. The summed E-state index contributed by atoms with van der Waals surface area (Å²) in [6.45, 7) is 22.5. The van der Waals surface area contributed by atoms with Crippen molar-refractivity contribution in [3.8, 4) is 70.4 Å². The molecule has 0 aliphatic rings. The molecule has 0 aromatic heterocycles. The van der Waals surface area contributed by atoms with E-state index in [1.807, 2.05) is 141 Å². The normalized spacial score (nSPS) is 10.0. The minimum Gasteiger partial charge on any atom is -0.493 e. The Morgan fingerprint density at radius 3 is 1.20 bits per heavy atom. The molecule has 0 aliphatic carbocycles. The van der Waals surface area contributed by atoms with Crippen molar-refractivity contribution in [1.82, 2.24) is 0 Å². The molecule has 12 heteroatoms. The Morgan fingerprint density at radius 2 is 0.717 bits per heavy atom. The van der Waals surface area contributed by atoms with Crippen molar-refractivity contribution in [3.05, 3.63) is 263 Å². The van der Waals surface area contributed by atoms with Gasteiger partial charge in [0, 0.05) is 94.5 Å². The van der Waals surface area contributed by atoms with Gasteiger partial charge < -0.3 is 37.9 Å².